The molecule has 0 spiro atoms. The molecule has 4 aromatic carbocycles. The molecule has 0 aliphatic heterocycles. The van der Waals surface area contributed by atoms with Crippen LogP contribution in [0.2, 0.25) is 0 Å². The van der Waals surface area contributed by atoms with Crippen molar-refractivity contribution in [2.75, 3.05) is 0 Å². The highest BCUT2D eigenvalue weighted by molar-refractivity contribution is 7.87. The second-order valence-electron chi connectivity index (χ2n) is 8.04. The summed E-state index contributed by atoms with van der Waals surface area (Å²) in [6.07, 6.45) is -0.347. The lowest BCUT2D eigenvalue weighted by atomic mass is 10.0. The molecule has 0 bridgehead atoms. The minimum Gasteiger partial charge on any atom is -0.550 e. The molecule has 0 N–H and O–H groups in total. The molecule has 178 valence electrons. The van der Waals surface area contributed by atoms with Gasteiger partial charge in [-0.25, -0.2) is 0 Å². The Hall–Kier alpha value is -4.10. The molecule has 0 heterocycles. The maximum atomic E-state index is 13.1. The zero-order chi connectivity index (χ0) is 24.8. The van der Waals surface area contributed by atoms with E-state index in [-0.39, 0.29) is 29.4 Å². The molecule has 0 radical (unpaired) electrons. The zero-order valence-electron chi connectivity index (χ0n) is 19.0. The summed E-state index contributed by atoms with van der Waals surface area (Å²) in [5.74, 6) is -1.09. The van der Waals surface area contributed by atoms with Crippen LogP contribution < -0.4 is 14.0 Å². The van der Waals surface area contributed by atoms with E-state index in [1.165, 1.54) is 18.2 Å². The second kappa shape index (κ2) is 10.4. The molecule has 0 fully saturated rings. The quantitative estimate of drug-likeness (QED) is 0.327. The molecule has 0 saturated carbocycles. The Morgan fingerprint density at radius 3 is 2.29 bits per heavy atom. The fourth-order valence-corrected chi connectivity index (χ4v) is 4.78. The van der Waals surface area contributed by atoms with Gasteiger partial charge in [-0.15, -0.1) is 0 Å². The molecule has 0 amide bonds. The van der Waals surface area contributed by atoms with Crippen molar-refractivity contribution in [3.05, 3.63) is 114 Å². The van der Waals surface area contributed by atoms with E-state index >= 15 is 0 Å². The average molecular weight is 488 g/mol. The predicted molar refractivity (Wildman–Crippen MR) is 130 cm³/mol. The van der Waals surface area contributed by atoms with E-state index in [4.69, 9.17) is 8.92 Å². The van der Waals surface area contributed by atoms with Crippen LogP contribution in [-0.4, -0.2) is 14.4 Å². The Bertz CT molecular complexity index is 1450. The van der Waals surface area contributed by atoms with Crippen LogP contribution in [0.3, 0.4) is 0 Å². The van der Waals surface area contributed by atoms with Crippen LogP contribution in [0.4, 0.5) is 0 Å². The van der Waals surface area contributed by atoms with Crippen molar-refractivity contribution in [3.8, 4) is 22.6 Å². The first kappa shape index (κ1) is 24.0. The number of carbonyl (C=O) groups excluding carboxylic acids is 1. The minimum atomic E-state index is -4.25. The van der Waals surface area contributed by atoms with E-state index in [2.05, 4.69) is 0 Å². The molecule has 0 aliphatic rings. The van der Waals surface area contributed by atoms with Crippen LogP contribution in [0.5, 0.6) is 11.5 Å². The first-order chi connectivity index (χ1) is 16.8. The van der Waals surface area contributed by atoms with Crippen molar-refractivity contribution in [1.29, 1.82) is 0 Å². The maximum absolute atomic E-state index is 13.1. The lowest BCUT2D eigenvalue weighted by molar-refractivity contribution is -0.304. The van der Waals surface area contributed by atoms with Crippen LogP contribution in [0, 0.1) is 6.92 Å². The zero-order valence-corrected chi connectivity index (χ0v) is 19.8. The smallest absolute Gasteiger partial charge is 0.342 e. The van der Waals surface area contributed by atoms with E-state index in [0.29, 0.717) is 11.1 Å². The Labute approximate surface area is 204 Å². The molecule has 4 aromatic rings. The molecule has 0 aromatic heterocycles. The summed E-state index contributed by atoms with van der Waals surface area (Å²) in [6.45, 7) is 1.88. The molecule has 0 atom stereocenters. The van der Waals surface area contributed by atoms with Gasteiger partial charge in [0.25, 0.3) is 0 Å². The lowest BCUT2D eigenvalue weighted by Crippen LogP contribution is -2.24. The monoisotopic (exact) mass is 487 g/mol. The standard InChI is InChI=1S/C28H24O6S/c1-20-14-22(18-28(29)30)17-25(15-20)34-35(31,32)27-13-6-5-12-26(27)33-19-21-8-7-11-24(16-21)23-9-3-2-4-10-23/h2-17H,18-19H2,1H3,(H,29,30)/p-1. The first-order valence-corrected chi connectivity index (χ1v) is 12.3. The minimum absolute atomic E-state index is 0.0200. The number of hydrogen-bond acceptors (Lipinski definition) is 6. The number of para-hydroxylation sites is 1. The van der Waals surface area contributed by atoms with Crippen LogP contribution in [-0.2, 0) is 27.9 Å². The Morgan fingerprint density at radius 2 is 1.51 bits per heavy atom. The number of ether oxygens (including phenoxy) is 1. The van der Waals surface area contributed by atoms with Crippen molar-refractivity contribution in [1.82, 2.24) is 0 Å². The van der Waals surface area contributed by atoms with Gasteiger partial charge in [-0.2, -0.15) is 8.42 Å². The molecular weight excluding hydrogens is 464 g/mol. The SMILES string of the molecule is Cc1cc(CC(=O)[O-])cc(OS(=O)(=O)c2ccccc2OCc2cccc(-c3ccccc3)c2)c1. The molecule has 4 rings (SSSR count). The molecule has 6 nitrogen and oxygen atoms in total. The Balaban J connectivity index is 1.55. The average Bonchev–Trinajstić information content (AvgIpc) is 2.82. The van der Waals surface area contributed by atoms with Gasteiger partial charge in [-0.3, -0.25) is 0 Å². The normalized spacial score (nSPS) is 11.1. The largest absolute Gasteiger partial charge is 0.550 e. The van der Waals surface area contributed by atoms with Crippen LogP contribution in [0.1, 0.15) is 16.7 Å². The molecule has 35 heavy (non-hydrogen) atoms. The van der Waals surface area contributed by atoms with Crippen molar-refractivity contribution in [3.63, 3.8) is 0 Å². The van der Waals surface area contributed by atoms with E-state index in [1.54, 1.807) is 31.2 Å². The van der Waals surface area contributed by atoms with Crippen LogP contribution >= 0.6 is 0 Å². The summed E-state index contributed by atoms with van der Waals surface area (Å²) < 4.78 is 37.4. The van der Waals surface area contributed by atoms with Crippen molar-refractivity contribution in [2.24, 2.45) is 0 Å². The second-order valence-corrected chi connectivity index (χ2v) is 9.56. The number of hydrogen-bond donors (Lipinski definition) is 0. The van der Waals surface area contributed by atoms with Gasteiger partial charge in [0.1, 0.15) is 23.0 Å². The molecule has 7 heteroatoms. The lowest BCUT2D eigenvalue weighted by Gasteiger charge is -2.14. The summed E-state index contributed by atoms with van der Waals surface area (Å²) in [4.78, 5) is 10.8. The number of aliphatic carboxylic acids is 1. The van der Waals surface area contributed by atoms with Gasteiger partial charge in [-0.1, -0.05) is 66.7 Å². The van der Waals surface area contributed by atoms with Crippen molar-refractivity contribution < 1.29 is 27.2 Å². The van der Waals surface area contributed by atoms with E-state index in [9.17, 15) is 18.3 Å². The number of benzene rings is 4. The predicted octanol–water partition coefficient (Wildman–Crippen LogP) is 4.30. The summed E-state index contributed by atoms with van der Waals surface area (Å²) in [7, 11) is -4.25. The number of aryl methyl sites for hydroxylation is 1. The van der Waals surface area contributed by atoms with E-state index in [1.807, 2.05) is 54.6 Å². The highest BCUT2D eigenvalue weighted by Gasteiger charge is 2.22. The number of carbonyl (C=O) groups is 1. The molecule has 0 unspecified atom stereocenters. The third-order valence-electron chi connectivity index (χ3n) is 5.21. The van der Waals surface area contributed by atoms with Crippen LogP contribution in [0.15, 0.2) is 102 Å². The topological polar surface area (TPSA) is 92.7 Å². The summed E-state index contributed by atoms with van der Waals surface area (Å²) in [5, 5.41) is 10.9. The van der Waals surface area contributed by atoms with E-state index in [0.717, 1.165) is 16.7 Å². The summed E-state index contributed by atoms with van der Waals surface area (Å²) >= 11 is 0. The fourth-order valence-electron chi connectivity index (χ4n) is 3.72. The van der Waals surface area contributed by atoms with Gasteiger partial charge >= 0.3 is 10.1 Å². The fraction of sp³-hybridized carbons (Fsp3) is 0.107. The molecular formula is C28H23O6S-. The third kappa shape index (κ3) is 6.28. The van der Waals surface area contributed by atoms with Crippen molar-refractivity contribution >= 4 is 16.1 Å². The highest BCUT2D eigenvalue weighted by Crippen LogP contribution is 2.29. The molecule has 0 aliphatic carbocycles. The molecule has 0 saturated heterocycles. The highest BCUT2D eigenvalue weighted by atomic mass is 32.2. The van der Waals surface area contributed by atoms with Gasteiger partial charge in [0.2, 0.25) is 0 Å². The van der Waals surface area contributed by atoms with Gasteiger partial charge in [0.05, 0.1) is 0 Å². The van der Waals surface area contributed by atoms with Crippen LogP contribution in [0.25, 0.3) is 11.1 Å². The summed E-state index contributed by atoms with van der Waals surface area (Å²) in [5.41, 5.74) is 4.03. The van der Waals surface area contributed by atoms with Gasteiger partial charge < -0.3 is 18.8 Å². The number of carboxylic acid groups (broad SMARTS) is 1. The van der Waals surface area contributed by atoms with Gasteiger partial charge in [0.15, 0.2) is 0 Å². The van der Waals surface area contributed by atoms with Gasteiger partial charge in [-0.05, 0) is 65.1 Å². The Kier molecular flexibility index (Phi) is 7.17. The summed E-state index contributed by atoms with van der Waals surface area (Å²) in [6, 6.07) is 28.5. The Morgan fingerprint density at radius 1 is 0.800 bits per heavy atom. The van der Waals surface area contributed by atoms with Gasteiger partial charge in [0, 0.05) is 12.4 Å². The van der Waals surface area contributed by atoms with E-state index < -0.39 is 16.1 Å². The first-order valence-electron chi connectivity index (χ1n) is 10.9. The number of rotatable bonds is 9. The van der Waals surface area contributed by atoms with Crippen molar-refractivity contribution in [2.45, 2.75) is 24.8 Å². The maximum Gasteiger partial charge on any atom is 0.342 e. The third-order valence-corrected chi connectivity index (χ3v) is 6.50. The number of carboxylic acids is 1.